The Labute approximate surface area is 154 Å². The minimum atomic E-state index is -0.916. The van der Waals surface area contributed by atoms with Gasteiger partial charge in [-0.05, 0) is 37.3 Å². The maximum atomic E-state index is 14.3. The first-order valence-corrected chi connectivity index (χ1v) is 8.82. The van der Waals surface area contributed by atoms with Crippen LogP contribution in [0.3, 0.4) is 0 Å². The van der Waals surface area contributed by atoms with Crippen molar-refractivity contribution >= 4 is 5.97 Å². The SMILES string of the molecule is O=C(O)C1CC1COc1c(F)cc(-c2nccc(OCC3CC3)n2)cc1F. The molecule has 2 fully saturated rings. The van der Waals surface area contributed by atoms with Crippen molar-refractivity contribution in [1.29, 1.82) is 0 Å². The lowest BCUT2D eigenvalue weighted by Crippen LogP contribution is -2.08. The van der Waals surface area contributed by atoms with Crippen molar-refractivity contribution in [2.45, 2.75) is 19.3 Å². The predicted octanol–water partition coefficient (Wildman–Crippen LogP) is 3.31. The van der Waals surface area contributed by atoms with Crippen LogP contribution in [0.15, 0.2) is 24.4 Å². The number of ether oxygens (including phenoxy) is 2. The summed E-state index contributed by atoms with van der Waals surface area (Å²) in [7, 11) is 0. The topological polar surface area (TPSA) is 81.5 Å². The molecule has 2 atom stereocenters. The van der Waals surface area contributed by atoms with E-state index in [0.29, 0.717) is 24.8 Å². The highest BCUT2D eigenvalue weighted by Crippen LogP contribution is 2.39. The Hall–Kier alpha value is -2.77. The van der Waals surface area contributed by atoms with Gasteiger partial charge in [0.15, 0.2) is 23.2 Å². The lowest BCUT2D eigenvalue weighted by molar-refractivity contribution is -0.138. The zero-order valence-electron chi connectivity index (χ0n) is 14.4. The fourth-order valence-corrected chi connectivity index (χ4v) is 2.80. The number of nitrogens with zero attached hydrogens (tertiary/aromatic N) is 2. The van der Waals surface area contributed by atoms with Gasteiger partial charge in [0.1, 0.15) is 0 Å². The number of hydrogen-bond donors (Lipinski definition) is 1. The Morgan fingerprint density at radius 2 is 1.93 bits per heavy atom. The van der Waals surface area contributed by atoms with E-state index in [1.807, 2.05) is 0 Å². The van der Waals surface area contributed by atoms with Crippen molar-refractivity contribution in [3.63, 3.8) is 0 Å². The Morgan fingerprint density at radius 1 is 1.19 bits per heavy atom. The molecule has 8 heteroatoms. The van der Waals surface area contributed by atoms with Crippen LogP contribution in [0.1, 0.15) is 19.3 Å². The van der Waals surface area contributed by atoms with E-state index < -0.39 is 29.3 Å². The average Bonchev–Trinajstić information content (AvgIpc) is 3.53. The van der Waals surface area contributed by atoms with Gasteiger partial charge in [-0.2, -0.15) is 4.98 Å². The average molecular weight is 376 g/mol. The maximum Gasteiger partial charge on any atom is 0.306 e. The highest BCUT2D eigenvalue weighted by molar-refractivity contribution is 5.73. The van der Waals surface area contributed by atoms with Crippen LogP contribution in [0.5, 0.6) is 11.6 Å². The summed E-state index contributed by atoms with van der Waals surface area (Å²) in [4.78, 5) is 19.0. The number of halogens is 2. The second-order valence-electron chi connectivity index (χ2n) is 6.99. The standard InChI is InChI=1S/C19H18F2N2O4/c20-14-6-11(18-22-4-3-16(23-18)26-8-10-1-2-10)7-15(21)17(14)27-9-12-5-13(12)19(24)25/h3-4,6-7,10,12-13H,1-2,5,8-9H2,(H,24,25). The molecule has 1 heterocycles. The van der Waals surface area contributed by atoms with Crippen LogP contribution < -0.4 is 9.47 Å². The quantitative estimate of drug-likeness (QED) is 0.761. The van der Waals surface area contributed by atoms with Gasteiger partial charge in [0, 0.05) is 23.7 Å². The molecule has 0 saturated heterocycles. The minimum absolute atomic E-state index is 0.0366. The van der Waals surface area contributed by atoms with Crippen LogP contribution in [-0.4, -0.2) is 34.3 Å². The molecule has 0 bridgehead atoms. The minimum Gasteiger partial charge on any atom is -0.487 e. The van der Waals surface area contributed by atoms with Crippen molar-refractivity contribution in [2.24, 2.45) is 17.8 Å². The highest BCUT2D eigenvalue weighted by Gasteiger charge is 2.43. The van der Waals surface area contributed by atoms with E-state index in [4.69, 9.17) is 14.6 Å². The molecule has 0 aliphatic heterocycles. The molecule has 1 aromatic heterocycles. The molecule has 1 N–H and O–H groups in total. The van der Waals surface area contributed by atoms with E-state index in [1.54, 1.807) is 6.07 Å². The molecule has 142 valence electrons. The van der Waals surface area contributed by atoms with Gasteiger partial charge < -0.3 is 14.6 Å². The zero-order chi connectivity index (χ0) is 19.0. The number of hydrogen-bond acceptors (Lipinski definition) is 5. The smallest absolute Gasteiger partial charge is 0.306 e. The van der Waals surface area contributed by atoms with Crippen LogP contribution in [0.2, 0.25) is 0 Å². The summed E-state index contributed by atoms with van der Waals surface area (Å²) in [6.45, 7) is 0.537. The Bertz CT molecular complexity index is 850. The van der Waals surface area contributed by atoms with Gasteiger partial charge in [-0.15, -0.1) is 0 Å². The summed E-state index contributed by atoms with van der Waals surface area (Å²) in [5, 5.41) is 8.86. The number of carboxylic acids is 1. The molecule has 27 heavy (non-hydrogen) atoms. The molecule has 4 rings (SSSR count). The third-order valence-corrected chi connectivity index (χ3v) is 4.73. The predicted molar refractivity (Wildman–Crippen MR) is 90.3 cm³/mol. The van der Waals surface area contributed by atoms with E-state index in [2.05, 4.69) is 9.97 Å². The molecular formula is C19H18F2N2O4. The summed E-state index contributed by atoms with van der Waals surface area (Å²) >= 11 is 0. The molecule has 6 nitrogen and oxygen atoms in total. The molecule has 1 aromatic carbocycles. The number of rotatable bonds is 8. The van der Waals surface area contributed by atoms with E-state index in [0.717, 1.165) is 25.0 Å². The second kappa shape index (κ2) is 7.09. The zero-order valence-corrected chi connectivity index (χ0v) is 14.4. The van der Waals surface area contributed by atoms with Gasteiger partial charge in [0.05, 0.1) is 19.1 Å². The maximum absolute atomic E-state index is 14.3. The van der Waals surface area contributed by atoms with Crippen LogP contribution in [0.25, 0.3) is 11.4 Å². The van der Waals surface area contributed by atoms with Crippen LogP contribution in [0, 0.1) is 29.4 Å². The first-order chi connectivity index (χ1) is 13.0. The largest absolute Gasteiger partial charge is 0.487 e. The fraction of sp³-hybridized carbons (Fsp3) is 0.421. The molecule has 2 unspecified atom stereocenters. The Morgan fingerprint density at radius 3 is 2.56 bits per heavy atom. The molecule has 2 aromatic rings. The molecule has 0 spiro atoms. The second-order valence-corrected chi connectivity index (χ2v) is 6.99. The summed E-state index contributed by atoms with van der Waals surface area (Å²) in [6, 6.07) is 3.80. The summed E-state index contributed by atoms with van der Waals surface area (Å²) in [6.07, 6.45) is 4.22. The third-order valence-electron chi connectivity index (χ3n) is 4.73. The molecule has 2 saturated carbocycles. The van der Waals surface area contributed by atoms with Gasteiger partial charge in [-0.25, -0.2) is 13.8 Å². The molecule has 2 aliphatic carbocycles. The van der Waals surface area contributed by atoms with Gasteiger partial charge in [-0.3, -0.25) is 4.79 Å². The van der Waals surface area contributed by atoms with E-state index in [1.165, 1.54) is 6.20 Å². The molecule has 2 aliphatic rings. The lowest BCUT2D eigenvalue weighted by atomic mass is 10.2. The van der Waals surface area contributed by atoms with E-state index in [-0.39, 0.29) is 23.9 Å². The van der Waals surface area contributed by atoms with Crippen molar-refractivity contribution in [3.05, 3.63) is 36.0 Å². The van der Waals surface area contributed by atoms with Crippen molar-refractivity contribution in [1.82, 2.24) is 9.97 Å². The Balaban J connectivity index is 1.46. The van der Waals surface area contributed by atoms with Crippen molar-refractivity contribution in [2.75, 3.05) is 13.2 Å². The number of carboxylic acid groups (broad SMARTS) is 1. The fourth-order valence-electron chi connectivity index (χ4n) is 2.80. The van der Waals surface area contributed by atoms with Crippen molar-refractivity contribution < 1.29 is 28.2 Å². The van der Waals surface area contributed by atoms with Crippen molar-refractivity contribution in [3.8, 4) is 23.0 Å². The normalized spacial score (nSPS) is 21.0. The monoisotopic (exact) mass is 376 g/mol. The third kappa shape index (κ3) is 4.15. The van der Waals surface area contributed by atoms with E-state index in [9.17, 15) is 13.6 Å². The van der Waals surface area contributed by atoms with Crippen LogP contribution >= 0.6 is 0 Å². The summed E-state index contributed by atoms with van der Waals surface area (Å²) < 4.78 is 39.4. The van der Waals surface area contributed by atoms with Gasteiger partial charge in [-0.1, -0.05) is 0 Å². The van der Waals surface area contributed by atoms with Crippen LogP contribution in [-0.2, 0) is 4.79 Å². The molecule has 0 amide bonds. The molecule has 0 radical (unpaired) electrons. The first-order valence-electron chi connectivity index (χ1n) is 8.82. The number of benzene rings is 1. The highest BCUT2D eigenvalue weighted by atomic mass is 19.1. The molecular weight excluding hydrogens is 358 g/mol. The number of aromatic nitrogens is 2. The number of aliphatic carboxylic acids is 1. The lowest BCUT2D eigenvalue weighted by Gasteiger charge is -2.10. The number of carbonyl (C=O) groups is 1. The summed E-state index contributed by atoms with van der Waals surface area (Å²) in [5.74, 6) is -2.84. The Kier molecular flexibility index (Phi) is 4.63. The van der Waals surface area contributed by atoms with Gasteiger partial charge >= 0.3 is 5.97 Å². The summed E-state index contributed by atoms with van der Waals surface area (Å²) in [5.41, 5.74) is 0.170. The van der Waals surface area contributed by atoms with Gasteiger partial charge in [0.2, 0.25) is 5.88 Å². The van der Waals surface area contributed by atoms with Crippen LogP contribution in [0.4, 0.5) is 8.78 Å². The van der Waals surface area contributed by atoms with Gasteiger partial charge in [0.25, 0.3) is 0 Å². The van der Waals surface area contributed by atoms with E-state index >= 15 is 0 Å². The first kappa shape index (κ1) is 17.6.